The summed E-state index contributed by atoms with van der Waals surface area (Å²) in [6.45, 7) is 2.48. The summed E-state index contributed by atoms with van der Waals surface area (Å²) < 4.78 is 5.34. The quantitative estimate of drug-likeness (QED) is 0.471. The lowest BCUT2D eigenvalue weighted by molar-refractivity contribution is 0.262. The van der Waals surface area contributed by atoms with E-state index in [-0.39, 0.29) is 6.61 Å². The Morgan fingerprint density at radius 1 is 1.18 bits per heavy atom. The van der Waals surface area contributed by atoms with Crippen molar-refractivity contribution in [3.63, 3.8) is 0 Å². The molecule has 1 saturated heterocycles. The topological polar surface area (TPSA) is 32.8 Å². The number of hydrogen-bond acceptors (Lipinski definition) is 2. The Balaban J connectivity index is 1.87. The zero-order chi connectivity index (χ0) is 8.10. The van der Waals surface area contributed by atoms with Gasteiger partial charge in [0, 0.05) is 6.61 Å². The molecule has 1 N–H and O–H groups in total. The van der Waals surface area contributed by atoms with Gasteiger partial charge in [-0.15, -0.1) is 0 Å². The van der Waals surface area contributed by atoms with E-state index in [0.717, 1.165) is 6.42 Å². The third-order valence-electron chi connectivity index (χ3n) is 2.19. The summed E-state index contributed by atoms with van der Waals surface area (Å²) in [5, 5.41) is 8.59. The number of unbranched alkanes of at least 4 members (excludes halogenated alkanes) is 2. The van der Waals surface area contributed by atoms with Gasteiger partial charge < -0.3 is 9.84 Å². The van der Waals surface area contributed by atoms with Crippen molar-refractivity contribution in [2.24, 2.45) is 0 Å². The first-order valence-corrected chi connectivity index (χ1v) is 4.64. The average Bonchev–Trinajstić information content (AvgIpc) is 2.70. The van der Waals surface area contributed by atoms with E-state index >= 15 is 0 Å². The Bertz CT molecular complexity index is 104. The molecule has 0 radical (unpaired) electrons. The Morgan fingerprint density at radius 3 is 2.55 bits per heavy atom. The van der Waals surface area contributed by atoms with Gasteiger partial charge in [-0.3, -0.25) is 0 Å². The van der Waals surface area contributed by atoms with Crippen LogP contribution in [0.4, 0.5) is 0 Å². The molecule has 0 aromatic carbocycles. The standard InChI is InChI=1S/C9H18O2/c1-2-3-4-5-8-9(11-8)6-7-10/h8-10H,2-7H2,1H3/t8-,9-/m0/s1. The minimum Gasteiger partial charge on any atom is -0.396 e. The van der Waals surface area contributed by atoms with E-state index < -0.39 is 0 Å². The zero-order valence-electron chi connectivity index (χ0n) is 7.25. The normalized spacial score (nSPS) is 28.9. The molecule has 0 unspecified atom stereocenters. The molecule has 0 saturated carbocycles. The number of aliphatic hydroxyl groups is 1. The van der Waals surface area contributed by atoms with Crippen LogP contribution >= 0.6 is 0 Å². The minimum absolute atomic E-state index is 0.273. The Labute approximate surface area is 68.6 Å². The molecule has 1 rings (SSSR count). The van der Waals surface area contributed by atoms with Crippen LogP contribution in [0.1, 0.15) is 39.0 Å². The highest BCUT2D eigenvalue weighted by Gasteiger charge is 2.36. The highest BCUT2D eigenvalue weighted by atomic mass is 16.6. The van der Waals surface area contributed by atoms with Gasteiger partial charge in [0.15, 0.2) is 0 Å². The molecule has 0 bridgehead atoms. The second kappa shape index (κ2) is 4.73. The van der Waals surface area contributed by atoms with Gasteiger partial charge in [-0.05, 0) is 12.8 Å². The fourth-order valence-corrected chi connectivity index (χ4v) is 1.41. The molecule has 1 heterocycles. The molecule has 2 heteroatoms. The SMILES string of the molecule is CCCCC[C@@H]1O[C@H]1CCO. The predicted octanol–water partition coefficient (Wildman–Crippen LogP) is 1.72. The fraction of sp³-hybridized carbons (Fsp3) is 1.00. The van der Waals surface area contributed by atoms with Gasteiger partial charge in [0.2, 0.25) is 0 Å². The van der Waals surface area contributed by atoms with E-state index in [1.807, 2.05) is 0 Å². The molecule has 2 nitrogen and oxygen atoms in total. The lowest BCUT2D eigenvalue weighted by Crippen LogP contribution is -1.96. The van der Waals surface area contributed by atoms with Crippen LogP contribution < -0.4 is 0 Å². The van der Waals surface area contributed by atoms with Crippen LogP contribution in [0, 0.1) is 0 Å². The first kappa shape index (κ1) is 9.01. The largest absolute Gasteiger partial charge is 0.396 e. The van der Waals surface area contributed by atoms with Gasteiger partial charge >= 0.3 is 0 Å². The Kier molecular flexibility index (Phi) is 3.87. The van der Waals surface area contributed by atoms with Crippen LogP contribution in [0.3, 0.4) is 0 Å². The number of aliphatic hydroxyl groups excluding tert-OH is 1. The van der Waals surface area contributed by atoms with Crippen LogP contribution in [0.25, 0.3) is 0 Å². The summed E-state index contributed by atoms with van der Waals surface area (Å²) >= 11 is 0. The van der Waals surface area contributed by atoms with Crippen molar-refractivity contribution in [3.8, 4) is 0 Å². The molecular weight excluding hydrogens is 140 g/mol. The first-order valence-electron chi connectivity index (χ1n) is 4.64. The average molecular weight is 158 g/mol. The lowest BCUT2D eigenvalue weighted by Gasteiger charge is -1.93. The van der Waals surface area contributed by atoms with Crippen molar-refractivity contribution in [1.29, 1.82) is 0 Å². The monoisotopic (exact) mass is 158 g/mol. The maximum Gasteiger partial charge on any atom is 0.0863 e. The number of hydrogen-bond donors (Lipinski definition) is 1. The van der Waals surface area contributed by atoms with E-state index in [9.17, 15) is 0 Å². The second-order valence-corrected chi connectivity index (χ2v) is 3.22. The molecule has 0 aromatic rings. The Morgan fingerprint density at radius 2 is 1.91 bits per heavy atom. The molecule has 2 atom stereocenters. The zero-order valence-corrected chi connectivity index (χ0v) is 7.25. The van der Waals surface area contributed by atoms with Crippen LogP contribution in [0.15, 0.2) is 0 Å². The van der Waals surface area contributed by atoms with Crippen LogP contribution in [0.2, 0.25) is 0 Å². The van der Waals surface area contributed by atoms with Crippen molar-refractivity contribution in [2.45, 2.75) is 51.2 Å². The summed E-state index contributed by atoms with van der Waals surface area (Å²) in [5.74, 6) is 0. The molecule has 0 spiro atoms. The van der Waals surface area contributed by atoms with Crippen molar-refractivity contribution >= 4 is 0 Å². The summed E-state index contributed by atoms with van der Waals surface area (Å²) in [4.78, 5) is 0. The van der Waals surface area contributed by atoms with Gasteiger partial charge in [0.05, 0.1) is 12.2 Å². The van der Waals surface area contributed by atoms with Gasteiger partial charge in [0.25, 0.3) is 0 Å². The second-order valence-electron chi connectivity index (χ2n) is 3.22. The minimum atomic E-state index is 0.273. The molecule has 0 aliphatic carbocycles. The van der Waals surface area contributed by atoms with Gasteiger partial charge in [-0.1, -0.05) is 26.2 Å². The van der Waals surface area contributed by atoms with E-state index in [2.05, 4.69) is 6.92 Å². The fourth-order valence-electron chi connectivity index (χ4n) is 1.41. The molecule has 11 heavy (non-hydrogen) atoms. The third kappa shape index (κ3) is 3.21. The number of epoxide rings is 1. The summed E-state index contributed by atoms with van der Waals surface area (Å²) in [7, 11) is 0. The summed E-state index contributed by atoms with van der Waals surface area (Å²) in [5.41, 5.74) is 0. The molecular formula is C9H18O2. The van der Waals surface area contributed by atoms with Gasteiger partial charge in [0.1, 0.15) is 0 Å². The van der Waals surface area contributed by atoms with E-state index in [4.69, 9.17) is 9.84 Å². The van der Waals surface area contributed by atoms with Gasteiger partial charge in [-0.2, -0.15) is 0 Å². The number of ether oxygens (including phenoxy) is 1. The summed E-state index contributed by atoms with van der Waals surface area (Å²) in [6.07, 6.45) is 6.76. The van der Waals surface area contributed by atoms with Crippen molar-refractivity contribution in [1.82, 2.24) is 0 Å². The molecule has 0 aromatic heterocycles. The highest BCUT2D eigenvalue weighted by Crippen LogP contribution is 2.29. The predicted molar refractivity (Wildman–Crippen MR) is 44.5 cm³/mol. The maximum atomic E-state index is 8.59. The maximum absolute atomic E-state index is 8.59. The Hall–Kier alpha value is -0.0800. The number of rotatable bonds is 6. The first-order chi connectivity index (χ1) is 5.38. The molecule has 0 amide bonds. The lowest BCUT2D eigenvalue weighted by atomic mass is 10.1. The molecule has 66 valence electrons. The highest BCUT2D eigenvalue weighted by molar-refractivity contribution is 4.83. The van der Waals surface area contributed by atoms with Gasteiger partial charge in [-0.25, -0.2) is 0 Å². The van der Waals surface area contributed by atoms with E-state index in [0.29, 0.717) is 12.2 Å². The van der Waals surface area contributed by atoms with Crippen LogP contribution in [-0.2, 0) is 4.74 Å². The third-order valence-corrected chi connectivity index (χ3v) is 2.19. The molecule has 1 fully saturated rings. The van der Waals surface area contributed by atoms with Crippen molar-refractivity contribution in [2.75, 3.05) is 6.61 Å². The molecule has 1 aliphatic rings. The van der Waals surface area contributed by atoms with Crippen molar-refractivity contribution in [3.05, 3.63) is 0 Å². The van der Waals surface area contributed by atoms with E-state index in [1.54, 1.807) is 0 Å². The van der Waals surface area contributed by atoms with Crippen LogP contribution in [-0.4, -0.2) is 23.9 Å². The van der Waals surface area contributed by atoms with Crippen LogP contribution in [0.5, 0.6) is 0 Å². The van der Waals surface area contributed by atoms with E-state index in [1.165, 1.54) is 25.7 Å². The summed E-state index contributed by atoms with van der Waals surface area (Å²) in [6, 6.07) is 0. The van der Waals surface area contributed by atoms with Crippen molar-refractivity contribution < 1.29 is 9.84 Å². The smallest absolute Gasteiger partial charge is 0.0863 e. The molecule has 1 aliphatic heterocycles.